The summed E-state index contributed by atoms with van der Waals surface area (Å²) in [4.78, 5) is 2.51. The molecule has 3 nitrogen and oxygen atoms in total. The number of hydrazine groups is 1. The summed E-state index contributed by atoms with van der Waals surface area (Å²) in [5.74, 6) is 4.42. The van der Waals surface area contributed by atoms with Crippen molar-refractivity contribution in [1.29, 1.82) is 0 Å². The van der Waals surface area contributed by atoms with Crippen LogP contribution in [0, 0.1) is 6.57 Å². The smallest absolute Gasteiger partial charge is 0.0503 e. The Balaban J connectivity index is 2.43. The molecule has 0 amide bonds. The Bertz CT molecular complexity index is 33.0. The SMILES string of the molecule is [C-]#[N+]NN. The summed E-state index contributed by atoms with van der Waals surface area (Å²) in [6.45, 7) is 5.84. The number of hydrogen-bond acceptors (Lipinski definition) is 2. The van der Waals surface area contributed by atoms with Gasteiger partial charge in [0.1, 0.15) is 0 Å². The first kappa shape index (κ1) is 3.25. The maximum absolute atomic E-state index is 5.84. The first-order chi connectivity index (χ1) is 1.91. The molecule has 0 atom stereocenters. The molecule has 0 aromatic rings. The van der Waals surface area contributed by atoms with Gasteiger partial charge in [0, 0.05) is 0 Å². The Morgan fingerprint density at radius 3 is 2.25 bits per heavy atom. The van der Waals surface area contributed by atoms with Crippen LogP contribution in [0.4, 0.5) is 0 Å². The van der Waals surface area contributed by atoms with Crippen molar-refractivity contribution in [3.63, 3.8) is 0 Å². The zero-order valence-corrected chi connectivity index (χ0v) is 2.02. The lowest BCUT2D eigenvalue weighted by atomic mass is 11.8. The maximum Gasteiger partial charge on any atom is -0.0503 e. The molecule has 0 aliphatic heterocycles. The quantitative estimate of drug-likeness (QED) is 0.219. The van der Waals surface area contributed by atoms with E-state index in [0.717, 1.165) is 0 Å². The van der Waals surface area contributed by atoms with E-state index < -0.39 is 0 Å². The second-order valence-electron chi connectivity index (χ2n) is 0.241. The van der Waals surface area contributed by atoms with E-state index in [4.69, 9.17) is 6.57 Å². The molecule has 3 heteroatoms. The van der Waals surface area contributed by atoms with Gasteiger partial charge < -0.3 is 0 Å². The van der Waals surface area contributed by atoms with Gasteiger partial charge in [-0.1, -0.05) is 5.53 Å². The van der Waals surface area contributed by atoms with Gasteiger partial charge in [0.05, 0.1) is 0 Å². The lowest BCUT2D eigenvalue weighted by molar-refractivity contribution is 0.961. The number of rotatable bonds is 0. The van der Waals surface area contributed by atoms with E-state index in [9.17, 15) is 0 Å². The largest absolute Gasteiger partial charge is 0.189 e. The molecule has 0 heterocycles. The molecular weight excluding hydrogens is 54.0 g/mol. The minimum absolute atomic E-state index is 1.72. The molecule has 0 saturated carbocycles. The predicted molar refractivity (Wildman–Crippen MR) is 13.9 cm³/mol. The van der Waals surface area contributed by atoms with E-state index in [2.05, 4.69) is 10.8 Å². The van der Waals surface area contributed by atoms with Crippen LogP contribution in [0.1, 0.15) is 0 Å². The zero-order chi connectivity index (χ0) is 3.41. The van der Waals surface area contributed by atoms with Gasteiger partial charge in [-0.15, -0.1) is 4.95 Å². The molecule has 0 aromatic carbocycles. The van der Waals surface area contributed by atoms with Crippen molar-refractivity contribution < 1.29 is 0 Å². The van der Waals surface area contributed by atoms with Crippen molar-refractivity contribution in [2.75, 3.05) is 0 Å². The van der Waals surface area contributed by atoms with Crippen molar-refractivity contribution in [1.82, 2.24) is 5.53 Å². The van der Waals surface area contributed by atoms with Crippen LogP contribution in [0.5, 0.6) is 0 Å². The Morgan fingerprint density at radius 2 is 2.25 bits per heavy atom. The molecule has 0 aromatic heterocycles. The Morgan fingerprint density at radius 1 is 2.00 bits per heavy atom. The predicted octanol–water partition coefficient (Wildman–Crippen LogP) is -0.716. The van der Waals surface area contributed by atoms with Crippen LogP contribution in [0.15, 0.2) is 0 Å². The highest BCUT2D eigenvalue weighted by molar-refractivity contribution is 4.29. The van der Waals surface area contributed by atoms with Gasteiger partial charge in [-0.05, 0) is 0 Å². The summed E-state index contributed by atoms with van der Waals surface area (Å²) in [5.41, 5.74) is 1.72. The van der Waals surface area contributed by atoms with Crippen LogP contribution in [0.3, 0.4) is 0 Å². The van der Waals surface area contributed by atoms with Crippen molar-refractivity contribution in [2.45, 2.75) is 0 Å². The van der Waals surface area contributed by atoms with E-state index in [1.807, 2.05) is 0 Å². The van der Waals surface area contributed by atoms with Crippen LogP contribution < -0.4 is 11.4 Å². The van der Waals surface area contributed by atoms with Gasteiger partial charge >= 0.3 is 0 Å². The summed E-state index contributed by atoms with van der Waals surface area (Å²) in [6.07, 6.45) is 0. The molecule has 0 radical (unpaired) electrons. The van der Waals surface area contributed by atoms with Crippen LogP contribution in [0.25, 0.3) is 4.95 Å². The van der Waals surface area contributed by atoms with E-state index >= 15 is 0 Å². The van der Waals surface area contributed by atoms with Gasteiger partial charge in [-0.3, -0.25) is 0 Å². The third-order valence-electron chi connectivity index (χ3n) is 0.0645. The molecule has 0 unspecified atom stereocenters. The third kappa shape index (κ3) is 1.25. The molecule has 0 aliphatic carbocycles. The molecule has 0 spiro atoms. The lowest BCUT2D eigenvalue weighted by Crippen LogP contribution is -2.09. The van der Waals surface area contributed by atoms with Crippen molar-refractivity contribution in [3.8, 4) is 0 Å². The fourth-order valence-electron chi connectivity index (χ4n) is 0. The second-order valence-corrected chi connectivity index (χ2v) is 0.241. The second kappa shape index (κ2) is 2.25. The molecule has 0 fully saturated rings. The average Bonchev–Trinajstić information content (AvgIpc) is 1.37. The van der Waals surface area contributed by atoms with Crippen LogP contribution in [-0.2, 0) is 0 Å². The van der Waals surface area contributed by atoms with E-state index in [1.54, 1.807) is 5.53 Å². The molecule has 22 valence electrons. The number of nitrogens with one attached hydrogen (secondary N) is 1. The van der Waals surface area contributed by atoms with Gasteiger partial charge in [0.2, 0.25) is 0 Å². The van der Waals surface area contributed by atoms with Crippen molar-refractivity contribution >= 4 is 0 Å². The lowest BCUT2D eigenvalue weighted by Gasteiger charge is -1.59. The molecular formula is CH3N3. The summed E-state index contributed by atoms with van der Waals surface area (Å²) in [7, 11) is 0. The van der Waals surface area contributed by atoms with Crippen LogP contribution >= 0.6 is 0 Å². The van der Waals surface area contributed by atoms with Crippen molar-refractivity contribution in [3.05, 3.63) is 11.5 Å². The summed E-state index contributed by atoms with van der Waals surface area (Å²) in [5, 5.41) is 0. The monoisotopic (exact) mass is 57.0 g/mol. The number of nitrogens with two attached hydrogens (primary N) is 1. The highest BCUT2D eigenvalue weighted by Crippen LogP contribution is 1.24. The fourth-order valence-corrected chi connectivity index (χ4v) is 0. The van der Waals surface area contributed by atoms with E-state index in [0.29, 0.717) is 0 Å². The molecule has 0 rings (SSSR count). The van der Waals surface area contributed by atoms with E-state index in [-0.39, 0.29) is 0 Å². The molecule has 0 aliphatic rings. The van der Waals surface area contributed by atoms with Gasteiger partial charge in [-0.2, -0.15) is 12.4 Å². The van der Waals surface area contributed by atoms with Crippen molar-refractivity contribution in [2.24, 2.45) is 5.84 Å². The van der Waals surface area contributed by atoms with Gasteiger partial charge in [0.25, 0.3) is 0 Å². The molecule has 0 saturated heterocycles. The number of nitrogens with zero attached hydrogens (tertiary/aromatic N) is 1. The van der Waals surface area contributed by atoms with Crippen LogP contribution in [0.2, 0.25) is 0 Å². The molecule has 4 heavy (non-hydrogen) atoms. The normalized spacial score (nSPS) is 4.00. The van der Waals surface area contributed by atoms with E-state index in [1.165, 1.54) is 0 Å². The topological polar surface area (TPSA) is 42.4 Å². The summed E-state index contributed by atoms with van der Waals surface area (Å²) in [6, 6.07) is 0. The third-order valence-corrected chi connectivity index (χ3v) is 0.0645. The molecule has 3 N–H and O–H groups in total. The maximum atomic E-state index is 5.84. The minimum atomic E-state index is 1.72. The van der Waals surface area contributed by atoms with Crippen LogP contribution in [-0.4, -0.2) is 0 Å². The van der Waals surface area contributed by atoms with Gasteiger partial charge in [0.15, 0.2) is 0 Å². The Hall–Kier alpha value is -0.750. The standard InChI is InChI=1S/CH3N3/c1-3-4-2/h4H,2H2. The Labute approximate surface area is 24.2 Å². The fraction of sp³-hybridized carbons (Fsp3) is 0. The summed E-state index contributed by atoms with van der Waals surface area (Å²) >= 11 is 0. The molecule has 0 bridgehead atoms. The number of hydrogen-bond donors (Lipinski definition) is 2. The first-order valence-corrected chi connectivity index (χ1v) is 0.736. The van der Waals surface area contributed by atoms with Gasteiger partial charge in [-0.25, -0.2) is 0 Å². The minimum Gasteiger partial charge on any atom is -0.189 e. The average molecular weight is 57.1 g/mol. The Kier molecular flexibility index (Phi) is 1.83. The summed E-state index contributed by atoms with van der Waals surface area (Å²) < 4.78 is 0. The highest BCUT2D eigenvalue weighted by atomic mass is 15.4. The first-order valence-electron chi connectivity index (χ1n) is 0.736. The highest BCUT2D eigenvalue weighted by Gasteiger charge is 1.37. The zero-order valence-electron chi connectivity index (χ0n) is 2.02.